The lowest BCUT2D eigenvalue weighted by Gasteiger charge is -2.07. The van der Waals surface area contributed by atoms with Gasteiger partial charge in [-0.25, -0.2) is 4.21 Å². The molecule has 2 rings (SSSR count). The molecule has 0 fully saturated rings. The molecule has 0 saturated heterocycles. The molecule has 16 heavy (non-hydrogen) atoms. The van der Waals surface area contributed by atoms with Crippen LogP contribution in [0.2, 0.25) is 5.02 Å². The molecule has 0 aliphatic rings. The van der Waals surface area contributed by atoms with Crippen molar-refractivity contribution in [2.45, 2.75) is 4.90 Å². The summed E-state index contributed by atoms with van der Waals surface area (Å²) >= 11 is 3.84. The Balaban J connectivity index is 2.66. The molecule has 82 valence electrons. The van der Waals surface area contributed by atoms with Gasteiger partial charge in [0.25, 0.3) is 0 Å². The molecule has 2 aromatic carbocycles. The molecule has 0 aromatic heterocycles. The molecule has 0 spiro atoms. The monoisotopic (exact) mass is 252 g/mol. The van der Waals surface area contributed by atoms with Gasteiger partial charge in [-0.05, 0) is 11.6 Å². The molecule has 0 radical (unpaired) electrons. The third-order valence-corrected chi connectivity index (χ3v) is 3.44. The summed E-state index contributed by atoms with van der Waals surface area (Å²) in [6, 6.07) is 14.6. The van der Waals surface area contributed by atoms with Crippen molar-refractivity contribution >= 4 is 22.7 Å². The van der Waals surface area contributed by atoms with E-state index in [1.165, 1.54) is 0 Å². The molecule has 1 unspecified atom stereocenters. The van der Waals surface area contributed by atoms with Crippen LogP contribution in [-0.4, -0.2) is 8.76 Å². The average Bonchev–Trinajstić information content (AvgIpc) is 2.29. The van der Waals surface area contributed by atoms with Crippen molar-refractivity contribution in [3.63, 3.8) is 0 Å². The molecule has 2 nitrogen and oxygen atoms in total. The van der Waals surface area contributed by atoms with Gasteiger partial charge in [-0.3, -0.25) is 0 Å². The summed E-state index contributed by atoms with van der Waals surface area (Å²) in [5, 5.41) is 0.308. The lowest BCUT2D eigenvalue weighted by Crippen LogP contribution is -1.93. The number of halogens is 1. The van der Waals surface area contributed by atoms with Gasteiger partial charge in [0, 0.05) is 5.56 Å². The van der Waals surface area contributed by atoms with Crippen LogP contribution >= 0.6 is 11.6 Å². The molecule has 0 saturated carbocycles. The Kier molecular flexibility index (Phi) is 3.39. The van der Waals surface area contributed by atoms with Crippen molar-refractivity contribution < 1.29 is 8.76 Å². The Morgan fingerprint density at radius 1 is 1.00 bits per heavy atom. The van der Waals surface area contributed by atoms with E-state index in [1.807, 2.05) is 30.3 Å². The van der Waals surface area contributed by atoms with E-state index < -0.39 is 11.1 Å². The Morgan fingerprint density at radius 2 is 1.69 bits per heavy atom. The van der Waals surface area contributed by atoms with E-state index in [9.17, 15) is 8.76 Å². The van der Waals surface area contributed by atoms with Gasteiger partial charge in [-0.2, -0.15) is 0 Å². The van der Waals surface area contributed by atoms with Gasteiger partial charge in [0.2, 0.25) is 0 Å². The topological polar surface area (TPSA) is 37.3 Å². The van der Waals surface area contributed by atoms with Crippen LogP contribution in [0.3, 0.4) is 0 Å². The standard InChI is InChI=1S/C12H9ClO2S/c13-11-8-4-7-10(12(11)16(14)15)9-5-2-1-3-6-9/h1-8H,(H,14,15). The molecule has 0 amide bonds. The number of hydrogen-bond donors (Lipinski definition) is 1. The molecule has 0 aliphatic heterocycles. The zero-order chi connectivity index (χ0) is 11.5. The Morgan fingerprint density at radius 3 is 2.31 bits per heavy atom. The first kappa shape index (κ1) is 11.3. The summed E-state index contributed by atoms with van der Waals surface area (Å²) in [4.78, 5) is 0.260. The zero-order valence-electron chi connectivity index (χ0n) is 8.26. The van der Waals surface area contributed by atoms with E-state index in [1.54, 1.807) is 18.2 Å². The molecule has 0 aliphatic carbocycles. The fourth-order valence-electron chi connectivity index (χ4n) is 1.53. The second kappa shape index (κ2) is 4.78. The third-order valence-electron chi connectivity index (χ3n) is 2.23. The van der Waals surface area contributed by atoms with Gasteiger partial charge in [-0.15, -0.1) is 0 Å². The minimum absolute atomic E-state index is 0.260. The highest BCUT2D eigenvalue weighted by molar-refractivity contribution is 7.79. The van der Waals surface area contributed by atoms with Crippen molar-refractivity contribution in [3.8, 4) is 11.1 Å². The summed E-state index contributed by atoms with van der Waals surface area (Å²) in [5.74, 6) is 0. The second-order valence-corrected chi connectivity index (χ2v) is 4.55. The molecular formula is C12H9ClO2S. The largest absolute Gasteiger partial charge is 0.302 e. The molecule has 1 N–H and O–H groups in total. The normalized spacial score (nSPS) is 12.4. The van der Waals surface area contributed by atoms with Gasteiger partial charge >= 0.3 is 0 Å². The summed E-state index contributed by atoms with van der Waals surface area (Å²) in [7, 11) is 0. The van der Waals surface area contributed by atoms with Crippen molar-refractivity contribution in [3.05, 3.63) is 53.6 Å². The van der Waals surface area contributed by atoms with Crippen LogP contribution in [0.15, 0.2) is 53.4 Å². The Bertz CT molecular complexity index is 526. The van der Waals surface area contributed by atoms with Crippen LogP contribution in [0.25, 0.3) is 11.1 Å². The molecular weight excluding hydrogens is 244 g/mol. The molecule has 1 atom stereocenters. The first-order chi connectivity index (χ1) is 7.70. The van der Waals surface area contributed by atoms with E-state index in [-0.39, 0.29) is 4.90 Å². The van der Waals surface area contributed by atoms with E-state index in [4.69, 9.17) is 11.6 Å². The minimum atomic E-state index is -2.08. The van der Waals surface area contributed by atoms with Crippen molar-refractivity contribution in [1.82, 2.24) is 0 Å². The van der Waals surface area contributed by atoms with Gasteiger partial charge < -0.3 is 4.55 Å². The van der Waals surface area contributed by atoms with Crippen LogP contribution in [-0.2, 0) is 11.1 Å². The number of benzene rings is 2. The highest BCUT2D eigenvalue weighted by Crippen LogP contribution is 2.31. The average molecular weight is 253 g/mol. The van der Waals surface area contributed by atoms with Gasteiger partial charge in [0.1, 0.15) is 0 Å². The van der Waals surface area contributed by atoms with E-state index in [0.29, 0.717) is 10.6 Å². The van der Waals surface area contributed by atoms with Crippen LogP contribution in [0.1, 0.15) is 0 Å². The predicted octanol–water partition coefficient (Wildman–Crippen LogP) is 3.59. The van der Waals surface area contributed by atoms with Crippen molar-refractivity contribution in [2.24, 2.45) is 0 Å². The maximum atomic E-state index is 11.2. The molecule has 4 heteroatoms. The van der Waals surface area contributed by atoms with Crippen LogP contribution < -0.4 is 0 Å². The highest BCUT2D eigenvalue weighted by Gasteiger charge is 2.13. The summed E-state index contributed by atoms with van der Waals surface area (Å²) in [6.07, 6.45) is 0. The van der Waals surface area contributed by atoms with Gasteiger partial charge in [0.05, 0.1) is 9.92 Å². The van der Waals surface area contributed by atoms with E-state index in [2.05, 4.69) is 0 Å². The van der Waals surface area contributed by atoms with Crippen LogP contribution in [0, 0.1) is 0 Å². The van der Waals surface area contributed by atoms with Crippen molar-refractivity contribution in [1.29, 1.82) is 0 Å². The number of rotatable bonds is 2. The fraction of sp³-hybridized carbons (Fsp3) is 0. The van der Waals surface area contributed by atoms with E-state index >= 15 is 0 Å². The molecule has 2 aromatic rings. The Labute approximate surface area is 101 Å². The smallest absolute Gasteiger partial charge is 0.188 e. The van der Waals surface area contributed by atoms with Gasteiger partial charge in [0.15, 0.2) is 11.1 Å². The SMILES string of the molecule is O=S(O)c1c(Cl)cccc1-c1ccccc1. The first-order valence-corrected chi connectivity index (χ1v) is 6.13. The predicted molar refractivity (Wildman–Crippen MR) is 65.9 cm³/mol. The second-order valence-electron chi connectivity index (χ2n) is 3.23. The van der Waals surface area contributed by atoms with Crippen LogP contribution in [0.5, 0.6) is 0 Å². The quantitative estimate of drug-likeness (QED) is 0.830. The van der Waals surface area contributed by atoms with Crippen LogP contribution in [0.4, 0.5) is 0 Å². The molecule has 0 heterocycles. The summed E-state index contributed by atoms with van der Waals surface area (Å²) < 4.78 is 20.5. The van der Waals surface area contributed by atoms with Crippen molar-refractivity contribution in [2.75, 3.05) is 0 Å². The first-order valence-electron chi connectivity index (χ1n) is 4.65. The lowest BCUT2D eigenvalue weighted by molar-refractivity contribution is 0.565. The Hall–Kier alpha value is -1.16. The summed E-state index contributed by atoms with van der Waals surface area (Å²) in [6.45, 7) is 0. The third kappa shape index (κ3) is 2.16. The molecule has 0 bridgehead atoms. The van der Waals surface area contributed by atoms with E-state index in [0.717, 1.165) is 5.56 Å². The maximum absolute atomic E-state index is 11.2. The maximum Gasteiger partial charge on any atom is 0.188 e. The lowest BCUT2D eigenvalue weighted by atomic mass is 10.1. The highest BCUT2D eigenvalue weighted by atomic mass is 35.5. The minimum Gasteiger partial charge on any atom is -0.302 e. The van der Waals surface area contributed by atoms with Gasteiger partial charge in [-0.1, -0.05) is 54.1 Å². The zero-order valence-corrected chi connectivity index (χ0v) is 9.83. The fourth-order valence-corrected chi connectivity index (χ4v) is 2.51. The summed E-state index contributed by atoms with van der Waals surface area (Å²) in [5.41, 5.74) is 1.57. The number of hydrogen-bond acceptors (Lipinski definition) is 1.